The summed E-state index contributed by atoms with van der Waals surface area (Å²) in [5, 5.41) is 3.24. The Kier molecular flexibility index (Phi) is 5.57. The van der Waals surface area contributed by atoms with Gasteiger partial charge in [-0.05, 0) is 37.8 Å². The number of carbonyl (C=O) groups excluding carboxylic acids is 1. The molecule has 1 fully saturated rings. The molecule has 0 unspecified atom stereocenters. The van der Waals surface area contributed by atoms with Crippen molar-refractivity contribution in [2.45, 2.75) is 25.9 Å². The van der Waals surface area contributed by atoms with Crippen molar-refractivity contribution >= 4 is 11.7 Å². The zero-order valence-electron chi connectivity index (χ0n) is 14.8. The summed E-state index contributed by atoms with van der Waals surface area (Å²) in [5.41, 5.74) is 1.61. The summed E-state index contributed by atoms with van der Waals surface area (Å²) >= 11 is 0. The maximum Gasteiger partial charge on any atom is 0.471 e. The molecule has 1 aliphatic heterocycles. The fraction of sp³-hybridized carbons (Fsp3) is 0.444. The van der Waals surface area contributed by atoms with Crippen LogP contribution >= 0.6 is 0 Å². The van der Waals surface area contributed by atoms with Gasteiger partial charge < -0.3 is 10.2 Å². The Labute approximate surface area is 154 Å². The van der Waals surface area contributed by atoms with Gasteiger partial charge in [-0.3, -0.25) is 9.78 Å². The number of halogens is 3. The van der Waals surface area contributed by atoms with Crippen LogP contribution in [0.15, 0.2) is 30.6 Å². The van der Waals surface area contributed by atoms with Crippen molar-refractivity contribution < 1.29 is 18.0 Å². The number of nitrogens with zero attached hydrogens (tertiary/aromatic N) is 4. The summed E-state index contributed by atoms with van der Waals surface area (Å²) in [6.07, 6.45) is -0.394. The lowest BCUT2D eigenvalue weighted by Crippen LogP contribution is -2.46. The van der Waals surface area contributed by atoms with Crippen molar-refractivity contribution in [3.63, 3.8) is 0 Å². The zero-order valence-corrected chi connectivity index (χ0v) is 14.8. The van der Waals surface area contributed by atoms with Crippen LogP contribution in [0.2, 0.25) is 0 Å². The second kappa shape index (κ2) is 7.89. The van der Waals surface area contributed by atoms with Crippen LogP contribution in [-0.2, 0) is 4.79 Å². The largest absolute Gasteiger partial charge is 0.471 e. The molecule has 0 aliphatic carbocycles. The van der Waals surface area contributed by atoms with Crippen LogP contribution in [0.25, 0.3) is 11.4 Å². The van der Waals surface area contributed by atoms with Gasteiger partial charge in [-0.2, -0.15) is 13.2 Å². The summed E-state index contributed by atoms with van der Waals surface area (Å²) in [5.74, 6) is -0.341. The van der Waals surface area contributed by atoms with Gasteiger partial charge in [0.05, 0.1) is 0 Å². The Hall–Kier alpha value is -2.71. The average Bonchev–Trinajstić information content (AvgIpc) is 2.66. The molecule has 2 aromatic heterocycles. The van der Waals surface area contributed by atoms with E-state index in [2.05, 4.69) is 20.3 Å². The zero-order chi connectivity index (χ0) is 19.4. The van der Waals surface area contributed by atoms with Crippen LogP contribution in [-0.4, -0.2) is 51.6 Å². The highest BCUT2D eigenvalue weighted by Crippen LogP contribution is 2.24. The number of rotatable bonds is 4. The van der Waals surface area contributed by atoms with Crippen molar-refractivity contribution in [1.82, 2.24) is 19.9 Å². The number of likely N-dealkylation sites (tertiary alicyclic amines) is 1. The second-order valence-electron chi connectivity index (χ2n) is 6.57. The molecule has 1 amide bonds. The fourth-order valence-electron chi connectivity index (χ4n) is 3.05. The predicted molar refractivity (Wildman–Crippen MR) is 93.8 cm³/mol. The van der Waals surface area contributed by atoms with Gasteiger partial charge in [0.1, 0.15) is 5.82 Å². The minimum Gasteiger partial charge on any atom is -0.370 e. The highest BCUT2D eigenvalue weighted by Gasteiger charge is 2.43. The number of hydrogen-bond acceptors (Lipinski definition) is 5. The Morgan fingerprint density at radius 3 is 2.67 bits per heavy atom. The number of piperidine rings is 1. The summed E-state index contributed by atoms with van der Waals surface area (Å²) in [4.78, 5) is 25.1. The molecular weight excluding hydrogens is 359 g/mol. The SMILES string of the molecule is Cc1cc(NCC2CCN(C(=O)C(F)(F)F)CC2)nc(-c2cccnc2)n1. The number of anilines is 1. The maximum absolute atomic E-state index is 12.5. The number of aromatic nitrogens is 3. The molecule has 0 radical (unpaired) electrons. The molecule has 6 nitrogen and oxygen atoms in total. The summed E-state index contributed by atoms with van der Waals surface area (Å²) in [6, 6.07) is 5.51. The molecular formula is C18H20F3N5O. The lowest BCUT2D eigenvalue weighted by atomic mass is 9.96. The normalized spacial score (nSPS) is 15.6. The molecule has 0 aromatic carbocycles. The molecule has 0 spiro atoms. The number of pyridine rings is 1. The Morgan fingerprint density at radius 2 is 2.04 bits per heavy atom. The maximum atomic E-state index is 12.5. The average molecular weight is 379 g/mol. The molecule has 1 aliphatic rings. The standard InChI is InChI=1S/C18H20F3N5O/c1-12-9-15(25-16(24-12)14-3-2-6-22-11-14)23-10-13-4-7-26(8-5-13)17(27)18(19,20)21/h2-3,6,9,11,13H,4-5,7-8,10H2,1H3,(H,23,24,25). The van der Waals surface area contributed by atoms with E-state index in [1.54, 1.807) is 12.4 Å². The van der Waals surface area contributed by atoms with E-state index < -0.39 is 12.1 Å². The first-order valence-corrected chi connectivity index (χ1v) is 8.69. The molecule has 1 N–H and O–H groups in total. The highest BCUT2D eigenvalue weighted by molar-refractivity contribution is 5.81. The molecule has 27 heavy (non-hydrogen) atoms. The molecule has 144 valence electrons. The molecule has 1 saturated heterocycles. The van der Waals surface area contributed by atoms with Crippen molar-refractivity contribution in [3.05, 3.63) is 36.3 Å². The molecule has 3 heterocycles. The minimum absolute atomic E-state index is 0.119. The Morgan fingerprint density at radius 1 is 1.30 bits per heavy atom. The first kappa shape index (κ1) is 19.1. The van der Waals surface area contributed by atoms with Crippen molar-refractivity contribution in [3.8, 4) is 11.4 Å². The van der Waals surface area contributed by atoms with Gasteiger partial charge >= 0.3 is 12.1 Å². The van der Waals surface area contributed by atoms with Crippen molar-refractivity contribution in [2.75, 3.05) is 25.0 Å². The number of carbonyl (C=O) groups is 1. The minimum atomic E-state index is -4.80. The Balaban J connectivity index is 1.57. The lowest BCUT2D eigenvalue weighted by Gasteiger charge is -2.32. The van der Waals surface area contributed by atoms with Crippen molar-refractivity contribution in [2.24, 2.45) is 5.92 Å². The number of amides is 1. The van der Waals surface area contributed by atoms with Crippen molar-refractivity contribution in [1.29, 1.82) is 0 Å². The second-order valence-corrected chi connectivity index (χ2v) is 6.57. The third-order valence-corrected chi connectivity index (χ3v) is 4.49. The molecule has 0 atom stereocenters. The third kappa shape index (κ3) is 4.93. The van der Waals surface area contributed by atoms with Crippen LogP contribution in [0.1, 0.15) is 18.5 Å². The predicted octanol–water partition coefficient (Wildman–Crippen LogP) is 3.06. The molecule has 3 rings (SSSR count). The molecule has 9 heteroatoms. The quantitative estimate of drug-likeness (QED) is 0.884. The van der Waals surface area contributed by atoms with E-state index in [0.717, 1.165) is 16.2 Å². The van der Waals surface area contributed by atoms with E-state index in [0.29, 0.717) is 31.0 Å². The van der Waals surface area contributed by atoms with Crippen LogP contribution in [0, 0.1) is 12.8 Å². The van der Waals surface area contributed by atoms with Gasteiger partial charge in [0.2, 0.25) is 0 Å². The lowest BCUT2D eigenvalue weighted by molar-refractivity contribution is -0.186. The first-order chi connectivity index (χ1) is 12.8. The number of alkyl halides is 3. The van der Waals surface area contributed by atoms with E-state index in [4.69, 9.17) is 0 Å². The van der Waals surface area contributed by atoms with Crippen LogP contribution < -0.4 is 5.32 Å². The van der Waals surface area contributed by atoms with Gasteiger partial charge in [-0.1, -0.05) is 0 Å². The van der Waals surface area contributed by atoms with E-state index in [1.807, 2.05) is 25.1 Å². The smallest absolute Gasteiger partial charge is 0.370 e. The molecule has 2 aromatic rings. The number of nitrogens with one attached hydrogen (secondary N) is 1. The first-order valence-electron chi connectivity index (χ1n) is 8.69. The topological polar surface area (TPSA) is 71.0 Å². The van der Waals surface area contributed by atoms with Crippen LogP contribution in [0.5, 0.6) is 0 Å². The summed E-state index contributed by atoms with van der Waals surface area (Å²) < 4.78 is 37.5. The third-order valence-electron chi connectivity index (χ3n) is 4.49. The van der Waals surface area contributed by atoms with E-state index in [9.17, 15) is 18.0 Å². The van der Waals surface area contributed by atoms with Crippen LogP contribution in [0.4, 0.5) is 19.0 Å². The van der Waals surface area contributed by atoms with E-state index >= 15 is 0 Å². The van der Waals surface area contributed by atoms with Gasteiger partial charge in [0, 0.05) is 49.4 Å². The Bertz CT molecular complexity index is 789. The van der Waals surface area contributed by atoms with Crippen LogP contribution in [0.3, 0.4) is 0 Å². The monoisotopic (exact) mass is 379 g/mol. The van der Waals surface area contributed by atoms with E-state index in [1.165, 1.54) is 0 Å². The van der Waals surface area contributed by atoms with E-state index in [-0.39, 0.29) is 19.0 Å². The number of aryl methyl sites for hydroxylation is 1. The fourth-order valence-corrected chi connectivity index (χ4v) is 3.05. The highest BCUT2D eigenvalue weighted by atomic mass is 19.4. The molecule has 0 saturated carbocycles. The van der Waals surface area contributed by atoms with Gasteiger partial charge in [-0.15, -0.1) is 0 Å². The summed E-state index contributed by atoms with van der Waals surface area (Å²) in [6.45, 7) is 2.69. The number of hydrogen-bond donors (Lipinski definition) is 1. The van der Waals surface area contributed by atoms with Gasteiger partial charge in [0.25, 0.3) is 0 Å². The molecule has 0 bridgehead atoms. The van der Waals surface area contributed by atoms with Gasteiger partial charge in [-0.25, -0.2) is 9.97 Å². The summed E-state index contributed by atoms with van der Waals surface area (Å²) in [7, 11) is 0. The van der Waals surface area contributed by atoms with Gasteiger partial charge in [0.15, 0.2) is 5.82 Å².